The van der Waals surface area contributed by atoms with Gasteiger partial charge in [0.2, 0.25) is 5.91 Å². The Kier molecular flexibility index (Phi) is 8.51. The number of benzene rings is 1. The fraction of sp³-hybridized carbons (Fsp3) is 0.409. The molecule has 0 saturated carbocycles. The third kappa shape index (κ3) is 6.56. The van der Waals surface area contributed by atoms with Crippen LogP contribution in [0.3, 0.4) is 0 Å². The van der Waals surface area contributed by atoms with E-state index in [0.717, 1.165) is 34.6 Å². The van der Waals surface area contributed by atoms with E-state index in [4.69, 9.17) is 9.47 Å². The van der Waals surface area contributed by atoms with Crippen LogP contribution in [0.2, 0.25) is 0 Å². The Morgan fingerprint density at radius 1 is 1.35 bits per heavy atom. The van der Waals surface area contributed by atoms with Crippen molar-refractivity contribution < 1.29 is 19.1 Å². The van der Waals surface area contributed by atoms with Gasteiger partial charge in [-0.2, -0.15) is 0 Å². The molecular formula is C22H26N2O5S2. The number of carbonyl (C=O) groups is 2. The van der Waals surface area contributed by atoms with Crippen LogP contribution in [0.25, 0.3) is 12.2 Å². The summed E-state index contributed by atoms with van der Waals surface area (Å²) in [6.07, 6.45) is 6.94. The van der Waals surface area contributed by atoms with E-state index in [1.807, 2.05) is 30.5 Å². The molecule has 1 fully saturated rings. The van der Waals surface area contributed by atoms with Crippen LogP contribution in [0.15, 0.2) is 34.0 Å². The Morgan fingerprint density at radius 2 is 2.13 bits per heavy atom. The quantitative estimate of drug-likeness (QED) is 0.467. The molecule has 1 amide bonds. The van der Waals surface area contributed by atoms with Crippen molar-refractivity contribution in [2.45, 2.75) is 37.3 Å². The minimum Gasteiger partial charge on any atom is -0.463 e. The highest BCUT2D eigenvalue weighted by molar-refractivity contribution is 7.98. The molecule has 2 heterocycles. The highest BCUT2D eigenvalue weighted by atomic mass is 32.2. The second-order valence-corrected chi connectivity index (χ2v) is 8.89. The van der Waals surface area contributed by atoms with Crippen molar-refractivity contribution in [3.05, 3.63) is 49.4 Å². The molecule has 2 aromatic rings. The number of nitrogens with zero attached hydrogens (tertiary/aromatic N) is 1. The number of rotatable bonds is 8. The molecule has 1 N–H and O–H groups in total. The zero-order valence-electron chi connectivity index (χ0n) is 17.6. The lowest BCUT2D eigenvalue weighted by molar-refractivity contribution is -0.135. The van der Waals surface area contributed by atoms with E-state index < -0.39 is 5.97 Å². The monoisotopic (exact) mass is 462 g/mol. The van der Waals surface area contributed by atoms with Crippen molar-refractivity contribution in [1.29, 1.82) is 0 Å². The van der Waals surface area contributed by atoms with Crippen LogP contribution in [-0.4, -0.2) is 48.6 Å². The molecule has 1 aromatic heterocycles. The summed E-state index contributed by atoms with van der Waals surface area (Å²) >= 11 is 2.80. The van der Waals surface area contributed by atoms with E-state index in [1.165, 1.54) is 10.6 Å². The van der Waals surface area contributed by atoms with Crippen LogP contribution in [0, 0.1) is 0 Å². The van der Waals surface area contributed by atoms with Crippen LogP contribution < -0.4 is 20.1 Å². The van der Waals surface area contributed by atoms with Gasteiger partial charge in [0, 0.05) is 18.0 Å². The highest BCUT2D eigenvalue weighted by Gasteiger charge is 2.17. The Labute approximate surface area is 188 Å². The van der Waals surface area contributed by atoms with Crippen molar-refractivity contribution in [3.8, 4) is 0 Å². The van der Waals surface area contributed by atoms with E-state index in [9.17, 15) is 14.4 Å². The van der Waals surface area contributed by atoms with E-state index in [2.05, 4.69) is 5.32 Å². The summed E-state index contributed by atoms with van der Waals surface area (Å²) in [5.41, 5.74) is 0.551. The van der Waals surface area contributed by atoms with Gasteiger partial charge in [-0.05, 0) is 49.8 Å². The van der Waals surface area contributed by atoms with Crippen molar-refractivity contribution in [2.75, 3.05) is 26.0 Å². The average molecular weight is 463 g/mol. The number of carbonyl (C=O) groups excluding carboxylic acids is 2. The van der Waals surface area contributed by atoms with Crippen molar-refractivity contribution >= 4 is 47.1 Å². The van der Waals surface area contributed by atoms with Gasteiger partial charge in [0.15, 0.2) is 0 Å². The fourth-order valence-corrected chi connectivity index (χ4v) is 4.60. The first-order chi connectivity index (χ1) is 15.0. The molecule has 9 heteroatoms. The lowest BCUT2D eigenvalue weighted by Crippen LogP contribution is -2.40. The number of amides is 1. The molecule has 1 saturated heterocycles. The van der Waals surface area contributed by atoms with Gasteiger partial charge in [0.25, 0.3) is 5.56 Å². The summed E-state index contributed by atoms with van der Waals surface area (Å²) in [5.74, 6) is -0.849. The van der Waals surface area contributed by atoms with Crippen LogP contribution in [0.5, 0.6) is 0 Å². The maximum Gasteiger partial charge on any atom is 0.333 e. The minimum absolute atomic E-state index is 0.0156. The summed E-state index contributed by atoms with van der Waals surface area (Å²) in [7, 11) is 0. The van der Waals surface area contributed by atoms with Gasteiger partial charge >= 0.3 is 5.97 Å². The molecule has 1 aliphatic heterocycles. The number of thiazole rings is 1. The van der Waals surface area contributed by atoms with Gasteiger partial charge < -0.3 is 14.8 Å². The van der Waals surface area contributed by atoms with Crippen molar-refractivity contribution in [1.82, 2.24) is 9.88 Å². The number of hydrogen-bond acceptors (Lipinski definition) is 7. The molecule has 3 rings (SSSR count). The van der Waals surface area contributed by atoms with E-state index in [-0.39, 0.29) is 30.7 Å². The first-order valence-electron chi connectivity index (χ1n) is 10.1. The predicted octanol–water partition coefficient (Wildman–Crippen LogP) is 1.10. The molecule has 166 valence electrons. The Balaban J connectivity index is 1.89. The minimum atomic E-state index is -0.548. The van der Waals surface area contributed by atoms with Crippen molar-refractivity contribution in [3.63, 3.8) is 0 Å². The second-order valence-electron chi connectivity index (χ2n) is 6.95. The Hall–Kier alpha value is -2.36. The molecule has 0 aliphatic carbocycles. The maximum atomic E-state index is 13.0. The molecule has 0 radical (unpaired) electrons. The van der Waals surface area contributed by atoms with Crippen molar-refractivity contribution in [2.24, 2.45) is 0 Å². The molecule has 1 aromatic carbocycles. The number of aromatic nitrogens is 1. The smallest absolute Gasteiger partial charge is 0.333 e. The lowest BCUT2D eigenvalue weighted by atomic mass is 10.2. The number of thioether (sulfide) groups is 1. The van der Waals surface area contributed by atoms with Gasteiger partial charge in [-0.25, -0.2) is 4.79 Å². The maximum absolute atomic E-state index is 13.0. The molecule has 1 atom stereocenters. The molecule has 0 spiro atoms. The van der Waals surface area contributed by atoms with Gasteiger partial charge in [-0.1, -0.05) is 12.1 Å². The average Bonchev–Trinajstić information content (AvgIpc) is 3.37. The first-order valence-corrected chi connectivity index (χ1v) is 12.2. The topological polar surface area (TPSA) is 86.6 Å². The van der Waals surface area contributed by atoms with Crippen LogP contribution in [-0.2, 0) is 25.6 Å². The van der Waals surface area contributed by atoms with Gasteiger partial charge in [-0.3, -0.25) is 14.2 Å². The van der Waals surface area contributed by atoms with Gasteiger partial charge in [-0.15, -0.1) is 23.1 Å². The Bertz CT molecular complexity index is 1080. The zero-order chi connectivity index (χ0) is 22.2. The number of ether oxygens (including phenoxy) is 2. The number of esters is 1. The van der Waals surface area contributed by atoms with E-state index >= 15 is 0 Å². The van der Waals surface area contributed by atoms with Crippen LogP contribution in [0.1, 0.15) is 25.3 Å². The van der Waals surface area contributed by atoms with E-state index in [0.29, 0.717) is 22.3 Å². The van der Waals surface area contributed by atoms with Crippen LogP contribution >= 0.6 is 23.1 Å². The Morgan fingerprint density at radius 3 is 2.77 bits per heavy atom. The molecular weight excluding hydrogens is 436 g/mol. The molecule has 31 heavy (non-hydrogen) atoms. The summed E-state index contributed by atoms with van der Waals surface area (Å²) < 4.78 is 12.6. The predicted molar refractivity (Wildman–Crippen MR) is 123 cm³/mol. The van der Waals surface area contributed by atoms with Gasteiger partial charge in [0.05, 0.1) is 23.3 Å². The third-order valence-corrected chi connectivity index (χ3v) is 6.53. The first kappa shape index (κ1) is 23.3. The number of nitrogens with one attached hydrogen (secondary N) is 1. The molecule has 1 unspecified atom stereocenters. The normalized spacial score (nSPS) is 17.2. The number of hydrogen-bond donors (Lipinski definition) is 1. The molecule has 0 bridgehead atoms. The standard InChI is InChI=1S/C22H26N2O5S2/c1-3-28-21(26)12-20-24(14-19(25)23-13-16-5-4-10-29-16)22(27)18(31-20)11-15-6-8-17(30-2)9-7-15/h6-9,11-12,16H,3-5,10,13-14H2,1-2H3,(H,23,25)/b18-11+,20-12-. The summed E-state index contributed by atoms with van der Waals surface area (Å²) in [6, 6.07) is 7.82. The fourth-order valence-electron chi connectivity index (χ4n) is 3.16. The largest absolute Gasteiger partial charge is 0.463 e. The summed E-state index contributed by atoms with van der Waals surface area (Å²) in [6.45, 7) is 2.89. The second kappa shape index (κ2) is 11.3. The SMILES string of the molecule is CCOC(=O)/C=c1\s/c(=C/c2ccc(SC)cc2)c(=O)n1CC(=O)NCC1CCCO1. The molecule has 1 aliphatic rings. The summed E-state index contributed by atoms with van der Waals surface area (Å²) in [5, 5.41) is 2.82. The highest BCUT2D eigenvalue weighted by Crippen LogP contribution is 2.15. The van der Waals surface area contributed by atoms with Gasteiger partial charge in [0.1, 0.15) is 11.2 Å². The van der Waals surface area contributed by atoms with E-state index in [1.54, 1.807) is 24.8 Å². The summed E-state index contributed by atoms with van der Waals surface area (Å²) in [4.78, 5) is 38.6. The third-order valence-electron chi connectivity index (χ3n) is 4.73. The molecule has 7 nitrogen and oxygen atoms in total. The zero-order valence-corrected chi connectivity index (χ0v) is 19.2. The lowest BCUT2D eigenvalue weighted by Gasteiger charge is -2.10. The van der Waals surface area contributed by atoms with Crippen LogP contribution in [0.4, 0.5) is 0 Å².